The number of nitrogens with zero attached hydrogens (tertiary/aromatic N) is 3. The summed E-state index contributed by atoms with van der Waals surface area (Å²) >= 11 is 1.65. The molecule has 1 unspecified atom stereocenters. The molecule has 29 heavy (non-hydrogen) atoms. The predicted octanol–water partition coefficient (Wildman–Crippen LogP) is 3.83. The number of H-pyrrole nitrogens is 1. The second-order valence-corrected chi connectivity index (χ2v) is 10.5. The molecular weight excluding hydrogens is 404 g/mol. The molecule has 1 saturated heterocycles. The third-order valence-electron chi connectivity index (χ3n) is 5.54. The first kappa shape index (κ1) is 18.5. The SMILES string of the molecule is CS(=O)(=O)N1CC(c2nc3ccc(-c4cn[nH]c4)cc3s2)[C@@H](c2ccccc2)C1. The summed E-state index contributed by atoms with van der Waals surface area (Å²) in [5.41, 5.74) is 4.22. The first-order valence-electron chi connectivity index (χ1n) is 9.39. The van der Waals surface area contributed by atoms with Crippen LogP contribution in [0.2, 0.25) is 0 Å². The summed E-state index contributed by atoms with van der Waals surface area (Å²) in [6.07, 6.45) is 4.96. The fourth-order valence-electron chi connectivity index (χ4n) is 4.02. The molecule has 1 fully saturated rings. The van der Waals surface area contributed by atoms with Crippen LogP contribution in [0.4, 0.5) is 0 Å². The van der Waals surface area contributed by atoms with Gasteiger partial charge in [0.05, 0.1) is 27.7 Å². The zero-order valence-corrected chi connectivity index (χ0v) is 17.5. The van der Waals surface area contributed by atoms with Gasteiger partial charge in [-0.3, -0.25) is 5.10 Å². The van der Waals surface area contributed by atoms with Gasteiger partial charge in [-0.1, -0.05) is 36.4 Å². The van der Waals surface area contributed by atoms with Gasteiger partial charge in [-0.05, 0) is 23.3 Å². The van der Waals surface area contributed by atoms with Gasteiger partial charge < -0.3 is 0 Å². The summed E-state index contributed by atoms with van der Waals surface area (Å²) in [6.45, 7) is 0.955. The molecule has 1 N–H and O–H groups in total. The average molecular weight is 425 g/mol. The topological polar surface area (TPSA) is 79.0 Å². The van der Waals surface area contributed by atoms with Gasteiger partial charge in [0.1, 0.15) is 0 Å². The number of hydrogen-bond acceptors (Lipinski definition) is 5. The molecule has 2 aromatic heterocycles. The highest BCUT2D eigenvalue weighted by Crippen LogP contribution is 2.43. The maximum absolute atomic E-state index is 12.2. The first-order valence-corrected chi connectivity index (χ1v) is 12.1. The number of rotatable bonds is 4. The van der Waals surface area contributed by atoms with Crippen LogP contribution in [-0.2, 0) is 10.0 Å². The van der Waals surface area contributed by atoms with Crippen molar-refractivity contribution in [3.05, 3.63) is 71.5 Å². The number of hydrogen-bond donors (Lipinski definition) is 1. The quantitative estimate of drug-likeness (QED) is 0.540. The van der Waals surface area contributed by atoms with E-state index in [-0.39, 0.29) is 11.8 Å². The molecule has 2 aromatic carbocycles. The van der Waals surface area contributed by atoms with Crippen molar-refractivity contribution in [3.8, 4) is 11.1 Å². The zero-order valence-electron chi connectivity index (χ0n) is 15.8. The van der Waals surface area contributed by atoms with Crippen molar-refractivity contribution < 1.29 is 8.42 Å². The molecule has 0 saturated carbocycles. The predicted molar refractivity (Wildman–Crippen MR) is 116 cm³/mol. The van der Waals surface area contributed by atoms with E-state index in [4.69, 9.17) is 4.98 Å². The Kier molecular flexibility index (Phi) is 4.49. The van der Waals surface area contributed by atoms with Crippen molar-refractivity contribution in [1.82, 2.24) is 19.5 Å². The van der Waals surface area contributed by atoms with E-state index in [1.54, 1.807) is 21.8 Å². The summed E-state index contributed by atoms with van der Waals surface area (Å²) in [7, 11) is -3.25. The number of benzene rings is 2. The monoisotopic (exact) mass is 424 g/mol. The molecule has 148 valence electrons. The number of aromatic amines is 1. The molecule has 2 atom stereocenters. The van der Waals surface area contributed by atoms with Crippen LogP contribution in [-0.4, -0.2) is 47.2 Å². The fourth-order valence-corrected chi connectivity index (χ4v) is 6.04. The molecule has 0 amide bonds. The van der Waals surface area contributed by atoms with E-state index < -0.39 is 10.0 Å². The van der Waals surface area contributed by atoms with E-state index in [9.17, 15) is 8.42 Å². The van der Waals surface area contributed by atoms with Crippen LogP contribution in [0.3, 0.4) is 0 Å². The minimum atomic E-state index is -3.25. The molecule has 3 heterocycles. The van der Waals surface area contributed by atoms with Crippen LogP contribution < -0.4 is 0 Å². The molecule has 5 rings (SSSR count). The lowest BCUT2D eigenvalue weighted by Gasteiger charge is -2.16. The summed E-state index contributed by atoms with van der Waals surface area (Å²) in [6, 6.07) is 16.3. The van der Waals surface area contributed by atoms with E-state index in [2.05, 4.69) is 28.4 Å². The molecule has 0 spiro atoms. The zero-order chi connectivity index (χ0) is 20.0. The van der Waals surface area contributed by atoms with Crippen LogP contribution in [0.1, 0.15) is 22.4 Å². The largest absolute Gasteiger partial charge is 0.285 e. The van der Waals surface area contributed by atoms with Gasteiger partial charge in [-0.2, -0.15) is 5.10 Å². The Morgan fingerprint density at radius 2 is 1.86 bits per heavy atom. The van der Waals surface area contributed by atoms with Gasteiger partial charge in [0.25, 0.3) is 0 Å². The summed E-state index contributed by atoms with van der Waals surface area (Å²) < 4.78 is 27.2. The molecule has 8 heteroatoms. The molecular formula is C21H20N4O2S2. The Morgan fingerprint density at radius 3 is 2.59 bits per heavy atom. The summed E-state index contributed by atoms with van der Waals surface area (Å²) in [4.78, 5) is 4.88. The average Bonchev–Trinajstić information content (AvgIpc) is 3.45. The van der Waals surface area contributed by atoms with Crippen molar-refractivity contribution in [2.75, 3.05) is 19.3 Å². The van der Waals surface area contributed by atoms with E-state index in [1.807, 2.05) is 36.5 Å². The van der Waals surface area contributed by atoms with Gasteiger partial charge in [0, 0.05) is 36.7 Å². The minimum absolute atomic E-state index is 0.0434. The minimum Gasteiger partial charge on any atom is -0.285 e. The third kappa shape index (κ3) is 3.48. The Balaban J connectivity index is 1.55. The molecule has 0 bridgehead atoms. The van der Waals surface area contributed by atoms with Crippen molar-refractivity contribution >= 4 is 31.6 Å². The molecule has 6 nitrogen and oxygen atoms in total. The van der Waals surface area contributed by atoms with Crippen LogP contribution in [0.15, 0.2) is 60.9 Å². The molecule has 4 aromatic rings. The van der Waals surface area contributed by atoms with Crippen LogP contribution >= 0.6 is 11.3 Å². The smallest absolute Gasteiger partial charge is 0.211 e. The fraction of sp³-hybridized carbons (Fsp3) is 0.238. The Morgan fingerprint density at radius 1 is 1.07 bits per heavy atom. The molecule has 0 radical (unpaired) electrons. The second kappa shape index (κ2) is 7.05. The highest BCUT2D eigenvalue weighted by Gasteiger charge is 2.40. The van der Waals surface area contributed by atoms with Crippen molar-refractivity contribution in [1.29, 1.82) is 0 Å². The highest BCUT2D eigenvalue weighted by molar-refractivity contribution is 7.88. The Bertz CT molecular complexity index is 1250. The van der Waals surface area contributed by atoms with Crippen molar-refractivity contribution in [2.24, 2.45) is 0 Å². The maximum atomic E-state index is 12.2. The van der Waals surface area contributed by atoms with Crippen molar-refractivity contribution in [3.63, 3.8) is 0 Å². The number of thiazole rings is 1. The van der Waals surface area contributed by atoms with Crippen LogP contribution in [0.5, 0.6) is 0 Å². The van der Waals surface area contributed by atoms with E-state index >= 15 is 0 Å². The number of nitrogens with one attached hydrogen (secondary N) is 1. The lowest BCUT2D eigenvalue weighted by molar-refractivity contribution is 0.476. The Labute approximate surface area is 173 Å². The number of aromatic nitrogens is 3. The number of fused-ring (bicyclic) bond motifs is 1. The van der Waals surface area contributed by atoms with Crippen LogP contribution in [0.25, 0.3) is 21.3 Å². The van der Waals surface area contributed by atoms with Gasteiger partial charge in [0.15, 0.2) is 0 Å². The summed E-state index contributed by atoms with van der Waals surface area (Å²) in [5.74, 6) is 0.140. The Hall–Kier alpha value is -2.55. The van der Waals surface area contributed by atoms with Crippen LogP contribution in [0, 0.1) is 0 Å². The van der Waals surface area contributed by atoms with Gasteiger partial charge >= 0.3 is 0 Å². The standard InChI is InChI=1S/C21H20N4O2S2/c1-29(26,27)25-12-17(14-5-3-2-4-6-14)18(13-25)21-24-19-8-7-15(9-20(19)28-21)16-10-22-23-11-16/h2-11,17-18H,12-13H2,1H3,(H,22,23)/t17-,18?/m1/s1. The van der Waals surface area contributed by atoms with E-state index in [1.165, 1.54) is 6.26 Å². The number of sulfonamides is 1. The lowest BCUT2D eigenvalue weighted by atomic mass is 9.89. The highest BCUT2D eigenvalue weighted by atomic mass is 32.2. The molecule has 0 aliphatic carbocycles. The van der Waals surface area contributed by atoms with Gasteiger partial charge in [-0.15, -0.1) is 11.3 Å². The first-order chi connectivity index (χ1) is 14.0. The van der Waals surface area contributed by atoms with E-state index in [0.29, 0.717) is 13.1 Å². The maximum Gasteiger partial charge on any atom is 0.211 e. The van der Waals surface area contributed by atoms with Gasteiger partial charge in [-0.25, -0.2) is 17.7 Å². The normalized spacial score (nSPS) is 20.4. The third-order valence-corrected chi connectivity index (χ3v) is 7.92. The lowest BCUT2D eigenvalue weighted by Crippen LogP contribution is -2.27. The molecule has 1 aliphatic heterocycles. The summed E-state index contributed by atoms with van der Waals surface area (Å²) in [5, 5.41) is 7.86. The van der Waals surface area contributed by atoms with Crippen molar-refractivity contribution in [2.45, 2.75) is 11.8 Å². The molecule has 1 aliphatic rings. The van der Waals surface area contributed by atoms with E-state index in [0.717, 1.165) is 31.9 Å². The second-order valence-electron chi connectivity index (χ2n) is 7.43. The van der Waals surface area contributed by atoms with Gasteiger partial charge in [0.2, 0.25) is 10.0 Å².